The molecule has 0 amide bonds. The van der Waals surface area contributed by atoms with Crippen LogP contribution in [0.4, 0.5) is 0 Å². The number of unbranched alkanes of at least 4 members (excludes halogenated alkanes) is 2. The van der Waals surface area contributed by atoms with E-state index >= 15 is 0 Å². The Morgan fingerprint density at radius 1 is 1.25 bits per heavy atom. The van der Waals surface area contributed by atoms with Crippen molar-refractivity contribution in [2.75, 3.05) is 31.7 Å². The molecule has 0 aromatic heterocycles. The van der Waals surface area contributed by atoms with Gasteiger partial charge in [0.15, 0.2) is 0 Å². The van der Waals surface area contributed by atoms with Crippen molar-refractivity contribution in [3.05, 3.63) is 0 Å². The fourth-order valence-corrected chi connectivity index (χ4v) is 1.31. The molecule has 0 saturated heterocycles. The maximum absolute atomic E-state index is 10.6. The Hall–Kier alpha value is 0.0700. The van der Waals surface area contributed by atoms with Gasteiger partial charge in [0.05, 0.1) is 0 Å². The number of aliphatic hydroxyl groups is 1. The van der Waals surface area contributed by atoms with Crippen LogP contribution in [0.15, 0.2) is 0 Å². The normalized spacial score (nSPS) is 13.2. The van der Waals surface area contributed by atoms with Crippen LogP contribution in [0.25, 0.3) is 0 Å². The van der Waals surface area contributed by atoms with E-state index in [-0.39, 0.29) is 0 Å². The molecular weight excluding hydrogens is 174 g/mol. The average molecular weight is 193 g/mol. The smallest absolute Gasteiger partial charge is 0.0431 e. The second kappa shape index (κ2) is 9.16. The molecule has 0 aliphatic carbocycles. The number of nitrogens with one attached hydrogen (secondary N) is 1. The van der Waals surface area contributed by atoms with E-state index in [2.05, 4.69) is 5.32 Å². The molecule has 0 spiro atoms. The van der Waals surface area contributed by atoms with Crippen LogP contribution in [0.2, 0.25) is 0 Å². The van der Waals surface area contributed by atoms with Gasteiger partial charge in [0.1, 0.15) is 0 Å². The van der Waals surface area contributed by atoms with Crippen molar-refractivity contribution < 1.29 is 9.32 Å². The summed E-state index contributed by atoms with van der Waals surface area (Å²) in [7, 11) is -0.677. The predicted octanol–water partition coefficient (Wildman–Crippen LogP) is 0.117. The van der Waals surface area contributed by atoms with Crippen molar-refractivity contribution in [1.82, 2.24) is 5.32 Å². The van der Waals surface area contributed by atoms with Gasteiger partial charge in [0, 0.05) is 36.0 Å². The van der Waals surface area contributed by atoms with E-state index < -0.39 is 10.8 Å². The van der Waals surface area contributed by atoms with Gasteiger partial charge >= 0.3 is 0 Å². The molecule has 0 bridgehead atoms. The molecule has 3 nitrogen and oxygen atoms in total. The first-order valence-corrected chi connectivity index (χ1v) is 6.11. The molecule has 0 rings (SSSR count). The predicted molar refractivity (Wildman–Crippen MR) is 52.7 cm³/mol. The second-order valence-electron chi connectivity index (χ2n) is 2.81. The van der Waals surface area contributed by atoms with E-state index in [1.165, 1.54) is 0 Å². The van der Waals surface area contributed by atoms with Gasteiger partial charge in [-0.25, -0.2) is 0 Å². The quantitative estimate of drug-likeness (QED) is 0.538. The molecule has 0 saturated carbocycles. The second-order valence-corrected chi connectivity index (χ2v) is 4.37. The lowest BCUT2D eigenvalue weighted by Gasteiger charge is -2.01. The third-order valence-electron chi connectivity index (χ3n) is 1.58. The van der Waals surface area contributed by atoms with E-state index in [9.17, 15) is 4.21 Å². The minimum atomic E-state index is -0.677. The fourth-order valence-electron chi connectivity index (χ4n) is 0.879. The Morgan fingerprint density at radius 2 is 2.00 bits per heavy atom. The highest BCUT2D eigenvalue weighted by molar-refractivity contribution is 7.84. The molecule has 12 heavy (non-hydrogen) atoms. The zero-order chi connectivity index (χ0) is 9.23. The summed E-state index contributed by atoms with van der Waals surface area (Å²) in [6.45, 7) is 2.10. The highest BCUT2D eigenvalue weighted by Gasteiger charge is 1.91. The number of hydrogen-bond donors (Lipinski definition) is 2. The molecule has 0 aromatic rings. The minimum absolute atomic E-state index is 0.291. The van der Waals surface area contributed by atoms with Crippen LogP contribution in [0.1, 0.15) is 19.3 Å². The first kappa shape index (κ1) is 12.1. The van der Waals surface area contributed by atoms with Gasteiger partial charge in [-0.05, 0) is 25.8 Å². The monoisotopic (exact) mass is 193 g/mol. The van der Waals surface area contributed by atoms with Crippen molar-refractivity contribution >= 4 is 10.8 Å². The third kappa shape index (κ3) is 10.1. The maximum Gasteiger partial charge on any atom is 0.0431 e. The van der Waals surface area contributed by atoms with Crippen LogP contribution in [-0.4, -0.2) is 41.0 Å². The van der Waals surface area contributed by atoms with Crippen molar-refractivity contribution in [3.63, 3.8) is 0 Å². The summed E-state index contributed by atoms with van der Waals surface area (Å²) in [5, 5.41) is 11.7. The molecule has 0 heterocycles. The van der Waals surface area contributed by atoms with Gasteiger partial charge in [-0.1, -0.05) is 0 Å². The Kier molecular flexibility index (Phi) is 9.21. The summed E-state index contributed by atoms with van der Waals surface area (Å²) in [6, 6.07) is 0. The van der Waals surface area contributed by atoms with E-state index in [0.717, 1.165) is 38.1 Å². The first-order valence-electron chi connectivity index (χ1n) is 4.39. The summed E-state index contributed by atoms with van der Waals surface area (Å²) in [6.07, 6.45) is 4.77. The van der Waals surface area contributed by atoms with E-state index in [4.69, 9.17) is 5.11 Å². The maximum atomic E-state index is 10.6. The summed E-state index contributed by atoms with van der Waals surface area (Å²) >= 11 is 0. The van der Waals surface area contributed by atoms with Gasteiger partial charge in [-0.2, -0.15) is 0 Å². The SMILES string of the molecule is CS(=O)CCNCCCCCO. The van der Waals surface area contributed by atoms with Gasteiger partial charge in [0.25, 0.3) is 0 Å². The van der Waals surface area contributed by atoms with Gasteiger partial charge in [0.2, 0.25) is 0 Å². The number of hydrogen-bond acceptors (Lipinski definition) is 3. The molecule has 0 fully saturated rings. The zero-order valence-corrected chi connectivity index (χ0v) is 8.53. The molecule has 1 unspecified atom stereocenters. The lowest BCUT2D eigenvalue weighted by atomic mass is 10.2. The van der Waals surface area contributed by atoms with Crippen molar-refractivity contribution in [3.8, 4) is 0 Å². The molecule has 4 heteroatoms. The van der Waals surface area contributed by atoms with E-state index in [1.54, 1.807) is 6.26 Å². The summed E-state index contributed by atoms with van der Waals surface area (Å²) in [5.74, 6) is 0.736. The Bertz CT molecular complexity index is 120. The summed E-state index contributed by atoms with van der Waals surface area (Å²) in [5.41, 5.74) is 0. The Labute approximate surface area is 77.0 Å². The van der Waals surface area contributed by atoms with Crippen LogP contribution in [0.3, 0.4) is 0 Å². The fraction of sp³-hybridized carbons (Fsp3) is 1.00. The molecular formula is C8H19NO2S. The largest absolute Gasteiger partial charge is 0.396 e. The van der Waals surface area contributed by atoms with Crippen molar-refractivity contribution in [2.24, 2.45) is 0 Å². The molecule has 0 aliphatic heterocycles. The minimum Gasteiger partial charge on any atom is -0.396 e. The van der Waals surface area contributed by atoms with Crippen LogP contribution in [0.5, 0.6) is 0 Å². The van der Waals surface area contributed by atoms with Crippen LogP contribution < -0.4 is 5.32 Å². The van der Waals surface area contributed by atoms with Crippen LogP contribution >= 0.6 is 0 Å². The van der Waals surface area contributed by atoms with E-state index in [1.807, 2.05) is 0 Å². The molecule has 2 N–H and O–H groups in total. The lowest BCUT2D eigenvalue weighted by molar-refractivity contribution is 0.283. The molecule has 0 aromatic carbocycles. The third-order valence-corrected chi connectivity index (χ3v) is 2.36. The van der Waals surface area contributed by atoms with Crippen LogP contribution in [0, 0.1) is 0 Å². The topological polar surface area (TPSA) is 49.3 Å². The van der Waals surface area contributed by atoms with E-state index in [0.29, 0.717) is 6.61 Å². The van der Waals surface area contributed by atoms with Crippen molar-refractivity contribution in [2.45, 2.75) is 19.3 Å². The number of rotatable bonds is 8. The Morgan fingerprint density at radius 3 is 2.58 bits per heavy atom. The average Bonchev–Trinajstić information content (AvgIpc) is 2.02. The zero-order valence-electron chi connectivity index (χ0n) is 7.71. The molecule has 1 atom stereocenters. The highest BCUT2D eigenvalue weighted by Crippen LogP contribution is 1.91. The molecule has 0 aliphatic rings. The summed E-state index contributed by atoms with van der Waals surface area (Å²) in [4.78, 5) is 0. The van der Waals surface area contributed by atoms with Gasteiger partial charge in [-0.15, -0.1) is 0 Å². The number of aliphatic hydroxyl groups excluding tert-OH is 1. The molecule has 0 radical (unpaired) electrons. The lowest BCUT2D eigenvalue weighted by Crippen LogP contribution is -2.21. The van der Waals surface area contributed by atoms with Gasteiger partial charge in [-0.3, -0.25) is 4.21 Å². The Balaban J connectivity index is 2.86. The summed E-state index contributed by atoms with van der Waals surface area (Å²) < 4.78 is 10.6. The highest BCUT2D eigenvalue weighted by atomic mass is 32.2. The first-order chi connectivity index (χ1) is 5.77. The van der Waals surface area contributed by atoms with Crippen molar-refractivity contribution in [1.29, 1.82) is 0 Å². The van der Waals surface area contributed by atoms with Gasteiger partial charge < -0.3 is 10.4 Å². The molecule has 74 valence electrons. The standard InChI is InChI=1S/C8H19NO2S/c1-12(11)8-6-9-5-3-2-4-7-10/h9-10H,2-8H2,1H3. The van der Waals surface area contributed by atoms with Crippen LogP contribution in [-0.2, 0) is 10.8 Å².